The van der Waals surface area contributed by atoms with Crippen LogP contribution in [0.4, 0.5) is 0 Å². The van der Waals surface area contributed by atoms with E-state index >= 15 is 0 Å². The zero-order valence-corrected chi connectivity index (χ0v) is 8.20. The summed E-state index contributed by atoms with van der Waals surface area (Å²) in [5.74, 6) is 5.37. The number of benzene rings is 1. The number of nitrogens with zero attached hydrogens (tertiary/aromatic N) is 1. The van der Waals surface area contributed by atoms with Crippen molar-refractivity contribution in [2.24, 2.45) is 0 Å². The van der Waals surface area contributed by atoms with Crippen LogP contribution < -0.4 is 0 Å². The fraction of sp³-hybridized carbons (Fsp3) is 0.250. The molecule has 0 radical (unpaired) electrons. The first-order valence-corrected chi connectivity index (χ1v) is 4.27. The molecule has 1 aromatic carbocycles. The van der Waals surface area contributed by atoms with Gasteiger partial charge in [-0.25, -0.2) is 0 Å². The minimum absolute atomic E-state index is 0.578. The van der Waals surface area contributed by atoms with Crippen molar-refractivity contribution in [3.8, 4) is 17.9 Å². The Bertz CT molecular complexity index is 412. The first kappa shape index (κ1) is 10.3. The van der Waals surface area contributed by atoms with Crippen LogP contribution in [0.5, 0.6) is 0 Å². The summed E-state index contributed by atoms with van der Waals surface area (Å²) in [6.07, 6.45) is 0. The molecule has 0 heterocycles. The van der Waals surface area contributed by atoms with Gasteiger partial charge < -0.3 is 5.11 Å². The van der Waals surface area contributed by atoms with Gasteiger partial charge in [-0.05, 0) is 31.5 Å². The van der Waals surface area contributed by atoms with E-state index in [9.17, 15) is 5.11 Å². The lowest BCUT2D eigenvalue weighted by Gasteiger charge is -2.16. The largest absolute Gasteiger partial charge is 0.374 e. The molecule has 0 saturated carbocycles. The van der Waals surface area contributed by atoms with Gasteiger partial charge in [-0.1, -0.05) is 18.1 Å². The van der Waals surface area contributed by atoms with E-state index in [1.54, 1.807) is 38.1 Å². The fourth-order valence-electron chi connectivity index (χ4n) is 1.18. The predicted octanol–water partition coefficient (Wildman–Crippen LogP) is 1.79. The van der Waals surface area contributed by atoms with Crippen molar-refractivity contribution in [3.05, 3.63) is 35.4 Å². The van der Waals surface area contributed by atoms with Gasteiger partial charge in [0.1, 0.15) is 5.60 Å². The molecule has 0 aromatic heterocycles. The maximum absolute atomic E-state index is 9.89. The van der Waals surface area contributed by atoms with Crippen molar-refractivity contribution < 1.29 is 5.11 Å². The van der Waals surface area contributed by atoms with Crippen LogP contribution in [0.15, 0.2) is 24.3 Å². The minimum Gasteiger partial charge on any atom is -0.374 e. The Morgan fingerprint density at radius 3 is 2.29 bits per heavy atom. The van der Waals surface area contributed by atoms with Crippen LogP contribution in [0.1, 0.15) is 25.0 Å². The van der Waals surface area contributed by atoms with E-state index in [1.807, 2.05) is 6.07 Å². The quantitative estimate of drug-likeness (QED) is 0.678. The molecular weight excluding hydrogens is 174 g/mol. The highest BCUT2D eigenvalue weighted by Gasteiger charge is 2.19. The molecule has 1 N–H and O–H groups in total. The van der Waals surface area contributed by atoms with Gasteiger partial charge in [-0.3, -0.25) is 0 Å². The second-order valence-electron chi connectivity index (χ2n) is 3.14. The summed E-state index contributed by atoms with van der Waals surface area (Å²) in [7, 11) is 0. The second kappa shape index (κ2) is 3.96. The Labute approximate surface area is 83.8 Å². The smallest absolute Gasteiger partial charge is 0.148 e. The summed E-state index contributed by atoms with van der Waals surface area (Å²) < 4.78 is 0. The van der Waals surface area contributed by atoms with Gasteiger partial charge >= 0.3 is 0 Å². The molecule has 1 unspecified atom stereocenters. The summed E-state index contributed by atoms with van der Waals surface area (Å²) in [6.45, 7) is 3.31. The standard InChI is InChI=1S/C12H11NO/c1-3-8-12(2,14)11-6-4-10(9-13)5-7-11/h4-7,14H,1-2H3. The van der Waals surface area contributed by atoms with Crippen LogP contribution in [0, 0.1) is 23.2 Å². The Hall–Kier alpha value is -1.77. The second-order valence-corrected chi connectivity index (χ2v) is 3.14. The van der Waals surface area contributed by atoms with Gasteiger partial charge in [0, 0.05) is 0 Å². The number of nitriles is 1. The van der Waals surface area contributed by atoms with Crippen molar-refractivity contribution in [2.45, 2.75) is 19.4 Å². The highest BCUT2D eigenvalue weighted by Crippen LogP contribution is 2.19. The van der Waals surface area contributed by atoms with E-state index in [2.05, 4.69) is 11.8 Å². The molecule has 1 atom stereocenters. The van der Waals surface area contributed by atoms with Crippen LogP contribution >= 0.6 is 0 Å². The first-order valence-electron chi connectivity index (χ1n) is 4.27. The van der Waals surface area contributed by atoms with Crippen molar-refractivity contribution in [3.63, 3.8) is 0 Å². The third-order valence-corrected chi connectivity index (χ3v) is 1.94. The van der Waals surface area contributed by atoms with Gasteiger partial charge in [-0.2, -0.15) is 5.26 Å². The molecule has 0 fully saturated rings. The molecule has 0 aliphatic carbocycles. The lowest BCUT2D eigenvalue weighted by Crippen LogP contribution is -2.18. The van der Waals surface area contributed by atoms with Gasteiger partial charge in [-0.15, -0.1) is 5.92 Å². The summed E-state index contributed by atoms with van der Waals surface area (Å²) >= 11 is 0. The summed E-state index contributed by atoms with van der Waals surface area (Å²) in [4.78, 5) is 0. The highest BCUT2D eigenvalue weighted by molar-refractivity contribution is 5.37. The van der Waals surface area contributed by atoms with Crippen LogP contribution in [0.2, 0.25) is 0 Å². The van der Waals surface area contributed by atoms with Crippen molar-refractivity contribution in [2.75, 3.05) is 0 Å². The maximum Gasteiger partial charge on any atom is 0.148 e. The fourth-order valence-corrected chi connectivity index (χ4v) is 1.18. The van der Waals surface area contributed by atoms with Gasteiger partial charge in [0.25, 0.3) is 0 Å². The lowest BCUT2D eigenvalue weighted by atomic mass is 9.96. The van der Waals surface area contributed by atoms with Crippen LogP contribution in [0.25, 0.3) is 0 Å². The third kappa shape index (κ3) is 2.13. The zero-order valence-electron chi connectivity index (χ0n) is 8.20. The predicted molar refractivity (Wildman–Crippen MR) is 54.2 cm³/mol. The molecular formula is C12H11NO. The van der Waals surface area contributed by atoms with Gasteiger partial charge in [0.05, 0.1) is 11.6 Å². The van der Waals surface area contributed by atoms with Gasteiger partial charge in [0.2, 0.25) is 0 Å². The van der Waals surface area contributed by atoms with E-state index in [4.69, 9.17) is 5.26 Å². The van der Waals surface area contributed by atoms with Crippen molar-refractivity contribution >= 4 is 0 Å². The van der Waals surface area contributed by atoms with E-state index in [1.165, 1.54) is 0 Å². The zero-order chi connectivity index (χ0) is 10.6. The van der Waals surface area contributed by atoms with Crippen LogP contribution in [0.3, 0.4) is 0 Å². The van der Waals surface area contributed by atoms with Crippen molar-refractivity contribution in [1.82, 2.24) is 0 Å². The van der Waals surface area contributed by atoms with E-state index in [0.29, 0.717) is 11.1 Å². The normalized spacial score (nSPS) is 13.3. The summed E-state index contributed by atoms with van der Waals surface area (Å²) in [6, 6.07) is 8.78. The average molecular weight is 185 g/mol. The average Bonchev–Trinajstić information content (AvgIpc) is 2.18. The number of hydrogen-bond acceptors (Lipinski definition) is 2. The highest BCUT2D eigenvalue weighted by atomic mass is 16.3. The summed E-state index contributed by atoms with van der Waals surface area (Å²) in [5, 5.41) is 18.5. The molecule has 0 spiro atoms. The minimum atomic E-state index is -1.14. The lowest BCUT2D eigenvalue weighted by molar-refractivity contribution is 0.122. The molecule has 0 bridgehead atoms. The molecule has 0 amide bonds. The summed E-state index contributed by atoms with van der Waals surface area (Å²) in [5.41, 5.74) is 0.141. The molecule has 2 heteroatoms. The molecule has 0 saturated heterocycles. The van der Waals surface area contributed by atoms with E-state index in [-0.39, 0.29) is 0 Å². The number of hydrogen-bond donors (Lipinski definition) is 1. The Balaban J connectivity index is 3.08. The topological polar surface area (TPSA) is 44.0 Å². The molecule has 0 aliphatic heterocycles. The van der Waals surface area contributed by atoms with Crippen LogP contribution in [-0.2, 0) is 5.60 Å². The first-order chi connectivity index (χ1) is 6.60. The Morgan fingerprint density at radius 2 is 1.86 bits per heavy atom. The number of rotatable bonds is 1. The maximum atomic E-state index is 9.89. The van der Waals surface area contributed by atoms with Crippen molar-refractivity contribution in [1.29, 1.82) is 5.26 Å². The number of aliphatic hydroxyl groups is 1. The van der Waals surface area contributed by atoms with E-state index < -0.39 is 5.60 Å². The monoisotopic (exact) mass is 185 g/mol. The Morgan fingerprint density at radius 1 is 1.29 bits per heavy atom. The Kier molecular flexibility index (Phi) is 2.92. The molecule has 1 aromatic rings. The third-order valence-electron chi connectivity index (χ3n) is 1.94. The van der Waals surface area contributed by atoms with E-state index in [0.717, 1.165) is 0 Å². The SMILES string of the molecule is CC#CC(C)(O)c1ccc(C#N)cc1. The van der Waals surface area contributed by atoms with Crippen LogP contribution in [-0.4, -0.2) is 5.11 Å². The molecule has 14 heavy (non-hydrogen) atoms. The molecule has 2 nitrogen and oxygen atoms in total. The molecule has 70 valence electrons. The molecule has 1 rings (SSSR count). The van der Waals surface area contributed by atoms with Gasteiger partial charge in [0.15, 0.2) is 0 Å². The molecule has 0 aliphatic rings.